The first-order valence-electron chi connectivity index (χ1n) is 4.70. The van der Waals surface area contributed by atoms with E-state index < -0.39 is 36.4 Å². The first-order valence-corrected chi connectivity index (χ1v) is 8.17. The summed E-state index contributed by atoms with van der Waals surface area (Å²) >= 11 is 5.74. The quantitative estimate of drug-likeness (QED) is 0.630. The Kier molecular flexibility index (Phi) is 4.76. The lowest BCUT2D eigenvalue weighted by Crippen LogP contribution is -2.18. The second-order valence-electron chi connectivity index (χ2n) is 3.39. The van der Waals surface area contributed by atoms with Gasteiger partial charge in [0.15, 0.2) is 5.75 Å². The van der Waals surface area contributed by atoms with Crippen LogP contribution in [0.25, 0.3) is 0 Å². The summed E-state index contributed by atoms with van der Waals surface area (Å²) in [7, 11) is -8.43. The molecule has 0 aliphatic heterocycles. The van der Waals surface area contributed by atoms with Crippen LogP contribution in [0.2, 0.25) is 5.02 Å². The first kappa shape index (κ1) is 16.1. The molecule has 108 valence electrons. The highest BCUT2D eigenvalue weighted by Gasteiger charge is 2.23. The van der Waals surface area contributed by atoms with Crippen molar-refractivity contribution in [2.45, 2.75) is 9.79 Å². The molecule has 0 bridgehead atoms. The minimum atomic E-state index is -4.28. The lowest BCUT2D eigenvalue weighted by molar-refractivity contribution is 0.198. The van der Waals surface area contributed by atoms with Crippen LogP contribution < -0.4 is 15.0 Å². The first-order chi connectivity index (χ1) is 8.57. The number of benzene rings is 1. The van der Waals surface area contributed by atoms with Gasteiger partial charge in [-0.15, -0.1) is 0 Å². The average Bonchev–Trinajstić information content (AvgIpc) is 2.23. The molecule has 0 aromatic heterocycles. The van der Waals surface area contributed by atoms with E-state index in [0.717, 1.165) is 12.1 Å². The summed E-state index contributed by atoms with van der Waals surface area (Å²) in [6.07, 6.45) is 0. The molecule has 0 saturated heterocycles. The van der Waals surface area contributed by atoms with Gasteiger partial charge in [-0.05, 0) is 12.1 Å². The maximum Gasteiger partial charge on any atom is 0.241 e. The summed E-state index contributed by atoms with van der Waals surface area (Å²) in [5, 5.41) is 18.2. The van der Waals surface area contributed by atoms with Gasteiger partial charge in [-0.3, -0.25) is 0 Å². The molecule has 8 nitrogen and oxygen atoms in total. The van der Waals surface area contributed by atoms with Gasteiger partial charge < -0.3 is 9.84 Å². The molecular weight excluding hydrogens is 320 g/mol. The van der Waals surface area contributed by atoms with Crippen molar-refractivity contribution in [3.63, 3.8) is 0 Å². The van der Waals surface area contributed by atoms with Crippen LogP contribution in [-0.2, 0) is 20.0 Å². The molecule has 19 heavy (non-hydrogen) atoms. The van der Waals surface area contributed by atoms with E-state index >= 15 is 0 Å². The minimum Gasteiger partial charge on any atom is -0.488 e. The lowest BCUT2D eigenvalue weighted by atomic mass is 10.3. The molecule has 0 amide bonds. The summed E-state index contributed by atoms with van der Waals surface area (Å²) in [6.45, 7) is -0.631. The highest BCUT2D eigenvalue weighted by molar-refractivity contribution is 7.90. The van der Waals surface area contributed by atoms with Crippen LogP contribution in [-0.4, -0.2) is 35.2 Å². The van der Waals surface area contributed by atoms with Gasteiger partial charge in [0, 0.05) is 0 Å². The van der Waals surface area contributed by atoms with Crippen LogP contribution in [0.1, 0.15) is 0 Å². The van der Waals surface area contributed by atoms with Gasteiger partial charge in [0.05, 0.1) is 16.5 Å². The van der Waals surface area contributed by atoms with E-state index in [-0.39, 0.29) is 17.4 Å². The van der Waals surface area contributed by atoms with Crippen LogP contribution in [0, 0.1) is 0 Å². The topological polar surface area (TPSA) is 150 Å². The number of halogens is 1. The number of hydrogen-bond acceptors (Lipinski definition) is 6. The molecule has 11 heteroatoms. The smallest absolute Gasteiger partial charge is 0.241 e. The minimum absolute atomic E-state index is 0.239. The Morgan fingerprint density at radius 3 is 2.16 bits per heavy atom. The zero-order valence-corrected chi connectivity index (χ0v) is 11.8. The number of aliphatic hydroxyl groups is 1. The third-order valence-electron chi connectivity index (χ3n) is 1.96. The van der Waals surface area contributed by atoms with Gasteiger partial charge in [-0.1, -0.05) is 11.6 Å². The Hall–Kier alpha value is -0.910. The molecule has 0 unspecified atom stereocenters. The third-order valence-corrected chi connectivity index (χ3v) is 4.05. The van der Waals surface area contributed by atoms with Crippen molar-refractivity contribution in [2.75, 3.05) is 13.2 Å². The zero-order valence-electron chi connectivity index (χ0n) is 9.41. The van der Waals surface area contributed by atoms with Gasteiger partial charge in [0.25, 0.3) is 0 Å². The van der Waals surface area contributed by atoms with Crippen molar-refractivity contribution in [3.05, 3.63) is 17.2 Å². The van der Waals surface area contributed by atoms with Crippen molar-refractivity contribution < 1.29 is 26.7 Å². The fourth-order valence-electron chi connectivity index (χ4n) is 1.21. The number of hydrogen-bond donors (Lipinski definition) is 3. The normalized spacial score (nSPS) is 12.4. The van der Waals surface area contributed by atoms with Crippen LogP contribution in [0.3, 0.4) is 0 Å². The number of rotatable bonds is 5. The van der Waals surface area contributed by atoms with Crippen molar-refractivity contribution in [2.24, 2.45) is 10.3 Å². The molecule has 0 spiro atoms. The molecule has 1 aromatic rings. The van der Waals surface area contributed by atoms with E-state index in [9.17, 15) is 16.8 Å². The Morgan fingerprint density at radius 1 is 1.16 bits per heavy atom. The summed E-state index contributed by atoms with van der Waals surface area (Å²) in [4.78, 5) is -1.14. The highest BCUT2D eigenvalue weighted by atomic mass is 35.5. The summed E-state index contributed by atoms with van der Waals surface area (Å²) < 4.78 is 50.1. The molecule has 0 atom stereocenters. The fraction of sp³-hybridized carbons (Fsp3) is 0.250. The van der Waals surface area contributed by atoms with Crippen molar-refractivity contribution in [1.82, 2.24) is 0 Å². The molecule has 0 aliphatic rings. The van der Waals surface area contributed by atoms with Crippen LogP contribution in [0.5, 0.6) is 5.75 Å². The van der Waals surface area contributed by atoms with Crippen molar-refractivity contribution >= 4 is 31.6 Å². The second-order valence-corrected chi connectivity index (χ2v) is 6.89. The fourth-order valence-corrected chi connectivity index (χ4v) is 2.96. The summed E-state index contributed by atoms with van der Waals surface area (Å²) in [5.74, 6) is -0.342. The number of ether oxygens (including phenoxy) is 1. The maximum atomic E-state index is 11.4. The SMILES string of the molecule is NS(=O)(=O)c1cc(Cl)c(OCCO)c(S(N)(=O)=O)c1. The predicted octanol–water partition coefficient (Wildman–Crippen LogP) is -0.994. The Balaban J connectivity index is 3.58. The lowest BCUT2D eigenvalue weighted by Gasteiger charge is -2.12. The summed E-state index contributed by atoms with van der Waals surface area (Å²) in [6, 6.07) is 1.67. The van der Waals surface area contributed by atoms with Crippen molar-refractivity contribution in [1.29, 1.82) is 0 Å². The molecule has 0 heterocycles. The van der Waals surface area contributed by atoms with Gasteiger partial charge >= 0.3 is 0 Å². The number of nitrogens with two attached hydrogens (primary N) is 2. The number of aliphatic hydroxyl groups excluding tert-OH is 1. The molecule has 1 aromatic carbocycles. The van der Waals surface area contributed by atoms with E-state index in [2.05, 4.69) is 0 Å². The Bertz CT molecular complexity index is 685. The molecule has 5 N–H and O–H groups in total. The Morgan fingerprint density at radius 2 is 1.74 bits per heavy atom. The molecule has 0 radical (unpaired) electrons. The van der Waals surface area contributed by atoms with E-state index in [1.165, 1.54) is 0 Å². The second kappa shape index (κ2) is 5.61. The molecule has 1 rings (SSSR count). The van der Waals surface area contributed by atoms with E-state index in [4.69, 9.17) is 31.7 Å². The van der Waals surface area contributed by atoms with E-state index in [1.807, 2.05) is 0 Å². The monoisotopic (exact) mass is 330 g/mol. The molecule has 0 fully saturated rings. The van der Waals surface area contributed by atoms with Gasteiger partial charge in [-0.25, -0.2) is 27.1 Å². The predicted molar refractivity (Wildman–Crippen MR) is 66.8 cm³/mol. The van der Waals surface area contributed by atoms with Crippen LogP contribution in [0.15, 0.2) is 21.9 Å². The van der Waals surface area contributed by atoms with Gasteiger partial charge in [0.1, 0.15) is 11.5 Å². The highest BCUT2D eigenvalue weighted by Crippen LogP contribution is 2.34. The Labute approximate surface area is 115 Å². The largest absolute Gasteiger partial charge is 0.488 e. The average molecular weight is 331 g/mol. The molecule has 0 saturated carbocycles. The van der Waals surface area contributed by atoms with Crippen LogP contribution >= 0.6 is 11.6 Å². The van der Waals surface area contributed by atoms with Crippen molar-refractivity contribution in [3.8, 4) is 5.75 Å². The van der Waals surface area contributed by atoms with E-state index in [0.29, 0.717) is 0 Å². The summed E-state index contributed by atoms with van der Waals surface area (Å²) in [5.41, 5.74) is 0. The van der Waals surface area contributed by atoms with Gasteiger partial charge in [0.2, 0.25) is 20.0 Å². The standard InChI is InChI=1S/C8H11ClN2O6S2/c9-6-3-5(18(10,13)14)4-7(19(11,15)16)8(6)17-2-1-12/h3-4,12H,1-2H2,(H2,10,13,14)(H2,11,15,16). The third kappa shape index (κ3) is 4.03. The van der Waals surface area contributed by atoms with Gasteiger partial charge in [-0.2, -0.15) is 0 Å². The maximum absolute atomic E-state index is 11.4. The molecule has 0 aliphatic carbocycles. The number of sulfonamides is 2. The number of primary sulfonamides is 2. The van der Waals surface area contributed by atoms with E-state index in [1.54, 1.807) is 0 Å². The molecular formula is C8H11ClN2O6S2. The zero-order chi connectivity index (χ0) is 14.8. The van der Waals surface area contributed by atoms with Crippen LogP contribution in [0.4, 0.5) is 0 Å².